The third-order valence-electron chi connectivity index (χ3n) is 2.35. The predicted molar refractivity (Wildman–Crippen MR) is 56.2 cm³/mol. The molecule has 0 unspecified atom stereocenters. The van der Waals surface area contributed by atoms with Gasteiger partial charge in [-0.15, -0.1) is 0 Å². The maximum Gasteiger partial charge on any atom is 0.283 e. The van der Waals surface area contributed by atoms with Gasteiger partial charge in [0.05, 0.1) is 12.7 Å². The molecule has 0 bridgehead atoms. The number of halogens is 2. The highest BCUT2D eigenvalue weighted by atomic mass is 19.3. The molecule has 1 aliphatic heterocycles. The Labute approximate surface area is 91.8 Å². The first kappa shape index (κ1) is 10.9. The number of hydrogen-bond acceptors (Lipinski definition) is 4. The van der Waals surface area contributed by atoms with Crippen molar-refractivity contribution in [3.05, 3.63) is 30.4 Å². The van der Waals surface area contributed by atoms with Crippen molar-refractivity contribution in [3.63, 3.8) is 0 Å². The van der Waals surface area contributed by atoms with Crippen LogP contribution in [-0.4, -0.2) is 29.0 Å². The van der Waals surface area contributed by atoms with Gasteiger partial charge >= 0.3 is 0 Å². The summed E-state index contributed by atoms with van der Waals surface area (Å²) in [6.07, 6.45) is 6.17. The molecule has 86 valence electrons. The molecule has 1 aromatic heterocycles. The Kier molecular flexibility index (Phi) is 3.09. The van der Waals surface area contributed by atoms with Crippen molar-refractivity contribution >= 4 is 5.82 Å². The van der Waals surface area contributed by atoms with Crippen LogP contribution in [0, 0.1) is 0 Å². The Hall–Kier alpha value is -1.56. The molecule has 1 saturated heterocycles. The average molecular weight is 226 g/mol. The average Bonchev–Trinajstić information content (AvgIpc) is 2.28. The van der Waals surface area contributed by atoms with Crippen LogP contribution < -0.4 is 10.6 Å². The van der Waals surface area contributed by atoms with Crippen LogP contribution in [0.1, 0.15) is 6.42 Å². The number of rotatable bonds is 2. The zero-order valence-electron chi connectivity index (χ0n) is 8.58. The molecule has 0 aromatic carbocycles. The van der Waals surface area contributed by atoms with Crippen molar-refractivity contribution in [1.82, 2.24) is 15.3 Å². The van der Waals surface area contributed by atoms with Crippen LogP contribution in [-0.2, 0) is 0 Å². The Balaban J connectivity index is 2.06. The highest BCUT2D eigenvalue weighted by Gasteiger charge is 2.36. The minimum atomic E-state index is -2.78. The number of anilines is 1. The number of hydrogen-bond donors (Lipinski definition) is 2. The molecule has 16 heavy (non-hydrogen) atoms. The van der Waals surface area contributed by atoms with Gasteiger partial charge < -0.3 is 10.6 Å². The number of aromatic nitrogens is 2. The molecule has 1 aliphatic rings. The van der Waals surface area contributed by atoms with Crippen molar-refractivity contribution in [2.45, 2.75) is 12.3 Å². The van der Waals surface area contributed by atoms with Crippen LogP contribution in [0.5, 0.6) is 0 Å². The fourth-order valence-electron chi connectivity index (χ4n) is 1.48. The Morgan fingerprint density at radius 1 is 1.44 bits per heavy atom. The van der Waals surface area contributed by atoms with E-state index >= 15 is 0 Å². The molecule has 1 fully saturated rings. The predicted octanol–water partition coefficient (Wildman–Crippen LogP) is 1.40. The van der Waals surface area contributed by atoms with E-state index in [9.17, 15) is 8.78 Å². The molecule has 2 heterocycles. The maximum atomic E-state index is 13.4. The van der Waals surface area contributed by atoms with E-state index < -0.39 is 5.92 Å². The van der Waals surface area contributed by atoms with Gasteiger partial charge in [-0.1, -0.05) is 0 Å². The van der Waals surface area contributed by atoms with E-state index in [2.05, 4.69) is 20.6 Å². The fraction of sp³-hybridized carbons (Fsp3) is 0.400. The number of nitrogens with one attached hydrogen (secondary N) is 2. The minimum absolute atomic E-state index is 0.0944. The van der Waals surface area contributed by atoms with Crippen LogP contribution in [0.4, 0.5) is 14.6 Å². The SMILES string of the molecule is FC1(F)CNCC/C1=C\Nc1cnccn1. The van der Waals surface area contributed by atoms with Gasteiger partial charge in [0.2, 0.25) is 0 Å². The largest absolute Gasteiger partial charge is 0.345 e. The Bertz CT molecular complexity index is 378. The van der Waals surface area contributed by atoms with Crippen molar-refractivity contribution < 1.29 is 8.78 Å². The van der Waals surface area contributed by atoms with E-state index in [0.29, 0.717) is 18.8 Å². The normalized spacial score (nSPS) is 22.0. The van der Waals surface area contributed by atoms with Crippen molar-refractivity contribution in [3.8, 4) is 0 Å². The number of alkyl halides is 2. The molecule has 0 saturated carbocycles. The van der Waals surface area contributed by atoms with Crippen LogP contribution in [0.15, 0.2) is 30.4 Å². The summed E-state index contributed by atoms with van der Waals surface area (Å²) in [5.41, 5.74) is 0.0944. The Morgan fingerprint density at radius 3 is 3.00 bits per heavy atom. The topological polar surface area (TPSA) is 49.8 Å². The number of piperidine rings is 1. The van der Waals surface area contributed by atoms with Crippen molar-refractivity contribution in [1.29, 1.82) is 0 Å². The summed E-state index contributed by atoms with van der Waals surface area (Å²) >= 11 is 0. The molecule has 0 amide bonds. The van der Waals surface area contributed by atoms with E-state index in [1.54, 1.807) is 0 Å². The lowest BCUT2D eigenvalue weighted by atomic mass is 10.0. The first-order chi connectivity index (χ1) is 7.68. The van der Waals surface area contributed by atoms with Gasteiger partial charge in [-0.05, 0) is 13.0 Å². The summed E-state index contributed by atoms with van der Waals surface area (Å²) in [6.45, 7) is 0.268. The highest BCUT2D eigenvalue weighted by molar-refractivity contribution is 5.36. The van der Waals surface area contributed by atoms with Gasteiger partial charge in [0.25, 0.3) is 5.92 Å². The molecule has 2 N–H and O–H groups in total. The zero-order valence-corrected chi connectivity index (χ0v) is 8.58. The van der Waals surface area contributed by atoms with Crippen LogP contribution in [0.3, 0.4) is 0 Å². The highest BCUT2D eigenvalue weighted by Crippen LogP contribution is 2.28. The maximum absolute atomic E-state index is 13.4. The summed E-state index contributed by atoms with van der Waals surface area (Å²) in [5, 5.41) is 5.38. The van der Waals surface area contributed by atoms with Gasteiger partial charge in [-0.3, -0.25) is 4.98 Å². The van der Waals surface area contributed by atoms with Gasteiger partial charge in [0.15, 0.2) is 0 Å². The minimum Gasteiger partial charge on any atom is -0.345 e. The summed E-state index contributed by atoms with van der Waals surface area (Å²) in [6, 6.07) is 0. The first-order valence-corrected chi connectivity index (χ1v) is 4.99. The molecule has 0 atom stereocenters. The molecule has 2 rings (SSSR count). The third kappa shape index (κ3) is 2.52. The van der Waals surface area contributed by atoms with E-state index in [1.165, 1.54) is 24.8 Å². The molecule has 0 radical (unpaired) electrons. The first-order valence-electron chi connectivity index (χ1n) is 4.99. The van der Waals surface area contributed by atoms with E-state index in [-0.39, 0.29) is 12.1 Å². The van der Waals surface area contributed by atoms with Gasteiger partial charge in [-0.25, -0.2) is 13.8 Å². The van der Waals surface area contributed by atoms with Gasteiger partial charge in [0, 0.05) is 24.2 Å². The second-order valence-corrected chi connectivity index (χ2v) is 3.54. The second-order valence-electron chi connectivity index (χ2n) is 3.54. The Morgan fingerprint density at radius 2 is 2.31 bits per heavy atom. The van der Waals surface area contributed by atoms with Crippen LogP contribution >= 0.6 is 0 Å². The van der Waals surface area contributed by atoms with Crippen molar-refractivity contribution in [2.24, 2.45) is 0 Å². The molecular weight excluding hydrogens is 214 g/mol. The molecule has 1 aromatic rings. The summed E-state index contributed by atoms with van der Waals surface area (Å²) in [7, 11) is 0. The third-order valence-corrected chi connectivity index (χ3v) is 2.35. The molecule has 6 heteroatoms. The summed E-state index contributed by atoms with van der Waals surface area (Å²) in [5.74, 6) is -2.32. The lowest BCUT2D eigenvalue weighted by Gasteiger charge is -2.25. The lowest BCUT2D eigenvalue weighted by molar-refractivity contribution is 0.0282. The van der Waals surface area contributed by atoms with E-state index in [4.69, 9.17) is 0 Å². The van der Waals surface area contributed by atoms with Gasteiger partial charge in [0.1, 0.15) is 5.82 Å². The lowest BCUT2D eigenvalue weighted by Crippen LogP contribution is -2.41. The molecule has 0 spiro atoms. The zero-order chi connectivity index (χ0) is 11.4. The van der Waals surface area contributed by atoms with E-state index in [1.807, 2.05) is 0 Å². The molecule has 0 aliphatic carbocycles. The van der Waals surface area contributed by atoms with Crippen LogP contribution in [0.25, 0.3) is 0 Å². The van der Waals surface area contributed by atoms with E-state index in [0.717, 1.165) is 0 Å². The van der Waals surface area contributed by atoms with Crippen molar-refractivity contribution in [2.75, 3.05) is 18.4 Å². The number of nitrogens with zero attached hydrogens (tertiary/aromatic N) is 2. The summed E-state index contributed by atoms with van der Waals surface area (Å²) in [4.78, 5) is 7.76. The monoisotopic (exact) mass is 226 g/mol. The molecule has 4 nitrogen and oxygen atoms in total. The molecular formula is C10H12F2N4. The standard InChI is InChI=1S/C10H12F2N4/c11-10(12)7-14-2-1-8(10)5-16-9-6-13-3-4-15-9/h3-6,14H,1-2,7H2,(H,15,16)/b8-5+. The smallest absolute Gasteiger partial charge is 0.283 e. The van der Waals surface area contributed by atoms with Gasteiger partial charge in [-0.2, -0.15) is 0 Å². The quantitative estimate of drug-likeness (QED) is 0.800. The fourth-order valence-corrected chi connectivity index (χ4v) is 1.48. The summed E-state index contributed by atoms with van der Waals surface area (Å²) < 4.78 is 26.7. The second kappa shape index (κ2) is 4.52. The van der Waals surface area contributed by atoms with Crippen LogP contribution in [0.2, 0.25) is 0 Å².